The summed E-state index contributed by atoms with van der Waals surface area (Å²) >= 11 is 0. The predicted octanol–water partition coefficient (Wildman–Crippen LogP) is -0.454. The van der Waals surface area contributed by atoms with Gasteiger partial charge in [0.2, 0.25) is 5.95 Å². The van der Waals surface area contributed by atoms with Crippen LogP contribution in [0.15, 0.2) is 11.1 Å². The topological polar surface area (TPSA) is 167 Å². The van der Waals surface area contributed by atoms with Crippen molar-refractivity contribution in [1.82, 2.24) is 19.5 Å². The molecule has 12 nitrogen and oxygen atoms in total. The molecular formula is C9H13N5O7P2. The number of aromatic amines is 1. The van der Waals surface area contributed by atoms with E-state index in [2.05, 4.69) is 19.3 Å². The molecule has 2 atom stereocenters. The lowest BCUT2D eigenvalue weighted by molar-refractivity contribution is -0.0464. The van der Waals surface area contributed by atoms with Crippen LogP contribution in [0, 0.1) is 0 Å². The summed E-state index contributed by atoms with van der Waals surface area (Å²) in [7, 11) is -4.43. The lowest BCUT2D eigenvalue weighted by atomic mass is 10.4. The van der Waals surface area contributed by atoms with E-state index < -0.39 is 28.9 Å². The van der Waals surface area contributed by atoms with Crippen LogP contribution in [-0.4, -0.2) is 48.6 Å². The first-order valence-corrected chi connectivity index (χ1v) is 8.53. The highest BCUT2D eigenvalue weighted by Gasteiger charge is 2.25. The molecule has 1 saturated heterocycles. The monoisotopic (exact) mass is 365 g/mol. The van der Waals surface area contributed by atoms with E-state index in [-0.39, 0.29) is 37.1 Å². The van der Waals surface area contributed by atoms with Crippen molar-refractivity contribution in [2.45, 2.75) is 12.8 Å². The van der Waals surface area contributed by atoms with Crippen molar-refractivity contribution in [2.75, 3.05) is 18.9 Å². The Hall–Kier alpha value is -1.23. The van der Waals surface area contributed by atoms with E-state index >= 15 is 0 Å². The Morgan fingerprint density at radius 3 is 2.83 bits per heavy atom. The zero-order valence-corrected chi connectivity index (χ0v) is 13.3. The van der Waals surface area contributed by atoms with Crippen LogP contribution < -0.4 is 11.3 Å². The fourth-order valence-corrected chi connectivity index (χ4v) is 3.24. The van der Waals surface area contributed by atoms with Crippen molar-refractivity contribution >= 4 is 34.3 Å². The molecule has 0 aromatic carbocycles. The van der Waals surface area contributed by atoms with Crippen molar-refractivity contribution in [1.29, 1.82) is 0 Å². The largest absolute Gasteiger partial charge is 0.369 e. The molecule has 0 amide bonds. The Morgan fingerprint density at radius 2 is 2.13 bits per heavy atom. The van der Waals surface area contributed by atoms with Crippen LogP contribution in [0.5, 0.6) is 0 Å². The second-order valence-electron chi connectivity index (χ2n) is 4.40. The number of rotatable bonds is 3. The summed E-state index contributed by atoms with van der Waals surface area (Å²) in [4.78, 5) is 40.6. The highest BCUT2D eigenvalue weighted by molar-refractivity contribution is 7.54. The summed E-state index contributed by atoms with van der Waals surface area (Å²) in [5.74, 6) is -0.0316. The maximum Gasteiger partial charge on any atom is 0.337 e. The third-order valence-corrected chi connectivity index (χ3v) is 4.68. The molecule has 2 aromatic heterocycles. The first-order valence-electron chi connectivity index (χ1n) is 6.27. The van der Waals surface area contributed by atoms with Crippen molar-refractivity contribution in [3.05, 3.63) is 16.7 Å². The van der Waals surface area contributed by atoms with E-state index in [4.69, 9.17) is 19.5 Å². The number of nitrogens with one attached hydrogen (secondary N) is 1. The van der Waals surface area contributed by atoms with Crippen LogP contribution in [0.1, 0.15) is 0 Å². The number of imidazole rings is 1. The Kier molecular flexibility index (Phi) is 5.14. The van der Waals surface area contributed by atoms with Gasteiger partial charge in [0.15, 0.2) is 11.2 Å². The maximum atomic E-state index is 11.7. The summed E-state index contributed by atoms with van der Waals surface area (Å²) in [5, 5.41) is 0. The molecule has 1 aliphatic heterocycles. The minimum atomic E-state index is -2.21. The number of hydrogen-bond acceptors (Lipinski definition) is 10. The van der Waals surface area contributed by atoms with Crippen molar-refractivity contribution in [2.24, 2.45) is 0 Å². The zero-order valence-electron chi connectivity index (χ0n) is 11.5. The first-order chi connectivity index (χ1) is 11.0. The van der Waals surface area contributed by atoms with Gasteiger partial charge >= 0.3 is 17.2 Å². The van der Waals surface area contributed by atoms with Gasteiger partial charge in [-0.2, -0.15) is 4.98 Å². The molecule has 2 unspecified atom stereocenters. The predicted molar refractivity (Wildman–Crippen MR) is 78.7 cm³/mol. The van der Waals surface area contributed by atoms with Crippen molar-refractivity contribution in [3.63, 3.8) is 0 Å². The Balaban J connectivity index is 1.69. The summed E-state index contributed by atoms with van der Waals surface area (Å²) in [5.41, 5.74) is 5.47. The molecule has 0 spiro atoms. The van der Waals surface area contributed by atoms with Gasteiger partial charge in [-0.05, 0) is 0 Å². The molecule has 1 fully saturated rings. The average Bonchev–Trinajstić information content (AvgIpc) is 2.88. The van der Waals surface area contributed by atoms with Gasteiger partial charge in [-0.25, -0.2) is 9.29 Å². The minimum Gasteiger partial charge on any atom is -0.369 e. The lowest BCUT2D eigenvalue weighted by Crippen LogP contribution is -2.26. The van der Waals surface area contributed by atoms with Crippen LogP contribution in [0.25, 0.3) is 11.2 Å². The van der Waals surface area contributed by atoms with Crippen LogP contribution in [-0.2, 0) is 24.8 Å². The molecule has 5 N–H and O–H groups in total. The highest BCUT2D eigenvalue weighted by Crippen LogP contribution is 2.50. The number of nitrogen functional groups attached to an aromatic ring is 1. The molecule has 0 saturated carbocycles. The number of nitrogens with zero attached hydrogens (tertiary/aromatic N) is 3. The Labute approximate surface area is 131 Å². The molecule has 0 bridgehead atoms. The average molecular weight is 365 g/mol. The Bertz CT molecular complexity index is 727. The molecule has 0 aliphatic carbocycles. The summed E-state index contributed by atoms with van der Waals surface area (Å²) in [6.45, 7) is 0.0136. The number of ether oxygens (including phenoxy) is 1. The van der Waals surface area contributed by atoms with Gasteiger partial charge in [0.1, 0.15) is 12.8 Å². The number of H-pyrrole nitrogens is 1. The number of fused-ring (bicyclic) bond motifs is 1. The normalized spacial score (nSPS) is 26.1. The molecule has 2 aromatic rings. The SMILES string of the molecule is Nc1nc2c(ncn2COC2COP(O)OP(O)OC2)c(=O)[nH]1. The maximum absolute atomic E-state index is 11.7. The quantitative estimate of drug-likeness (QED) is 0.523. The number of anilines is 1. The molecule has 3 rings (SSSR count). The zero-order chi connectivity index (χ0) is 16.4. The van der Waals surface area contributed by atoms with E-state index in [9.17, 15) is 14.6 Å². The van der Waals surface area contributed by atoms with Crippen LogP contribution in [0.3, 0.4) is 0 Å². The summed E-state index contributed by atoms with van der Waals surface area (Å²) in [6.07, 6.45) is 0.822. The molecule has 126 valence electrons. The van der Waals surface area contributed by atoms with Gasteiger partial charge < -0.3 is 29.3 Å². The van der Waals surface area contributed by atoms with E-state index in [0.29, 0.717) is 0 Å². The molecule has 1 aliphatic rings. The molecule has 23 heavy (non-hydrogen) atoms. The standard InChI is InChI=1S/C9H13N5O7P2/c10-9-12-7-6(8(15)13-9)11-3-14(7)4-18-5-1-19-22(16)21-23(17)20-2-5/h3,5,16-17H,1-2,4H2,(H3,10,12,13,15). The second-order valence-corrected chi connectivity index (χ2v) is 6.53. The van der Waals surface area contributed by atoms with E-state index in [1.165, 1.54) is 10.9 Å². The van der Waals surface area contributed by atoms with Gasteiger partial charge in [0.05, 0.1) is 19.5 Å². The number of aromatic nitrogens is 4. The molecule has 3 heterocycles. The third kappa shape index (κ3) is 4.00. The summed E-state index contributed by atoms with van der Waals surface area (Å²) in [6, 6.07) is 0. The Morgan fingerprint density at radius 1 is 1.43 bits per heavy atom. The van der Waals surface area contributed by atoms with Gasteiger partial charge in [-0.1, -0.05) is 0 Å². The van der Waals surface area contributed by atoms with Crippen molar-refractivity contribution < 1.29 is 27.9 Å². The summed E-state index contributed by atoms with van der Waals surface area (Å²) < 4.78 is 21.7. The number of nitrogens with two attached hydrogens (primary N) is 1. The van der Waals surface area contributed by atoms with Crippen LogP contribution >= 0.6 is 17.2 Å². The van der Waals surface area contributed by atoms with Gasteiger partial charge in [-0.15, -0.1) is 0 Å². The van der Waals surface area contributed by atoms with E-state index in [0.717, 1.165) is 0 Å². The molecular weight excluding hydrogens is 352 g/mol. The van der Waals surface area contributed by atoms with Gasteiger partial charge in [-0.3, -0.25) is 14.3 Å². The van der Waals surface area contributed by atoms with Crippen molar-refractivity contribution in [3.8, 4) is 0 Å². The second kappa shape index (κ2) is 7.12. The van der Waals surface area contributed by atoms with E-state index in [1.807, 2.05) is 0 Å². The fraction of sp³-hybridized carbons (Fsp3) is 0.444. The highest BCUT2D eigenvalue weighted by atomic mass is 31.2. The van der Waals surface area contributed by atoms with Gasteiger partial charge in [0, 0.05) is 0 Å². The molecule has 0 radical (unpaired) electrons. The van der Waals surface area contributed by atoms with Gasteiger partial charge in [0.25, 0.3) is 5.56 Å². The third-order valence-electron chi connectivity index (χ3n) is 2.82. The van der Waals surface area contributed by atoms with E-state index in [1.54, 1.807) is 0 Å². The fourth-order valence-electron chi connectivity index (χ4n) is 1.80. The number of hydrogen-bond donors (Lipinski definition) is 4. The van der Waals surface area contributed by atoms with Crippen LogP contribution in [0.4, 0.5) is 5.95 Å². The first kappa shape index (κ1) is 16.6. The minimum absolute atomic E-state index is 0.00263. The molecule has 14 heteroatoms. The van der Waals surface area contributed by atoms with Crippen LogP contribution in [0.2, 0.25) is 0 Å². The lowest BCUT2D eigenvalue weighted by Gasteiger charge is -2.24. The smallest absolute Gasteiger partial charge is 0.337 e.